The fraction of sp³-hybridized carbons (Fsp3) is 0.333. The smallest absolute Gasteiger partial charge is 0.243 e. The van der Waals surface area contributed by atoms with Gasteiger partial charge in [0.1, 0.15) is 0 Å². The largest absolute Gasteiger partial charge is 0.379 e. The zero-order chi connectivity index (χ0) is 21.7. The second-order valence-corrected chi connectivity index (χ2v) is 10.5. The number of amides is 1. The lowest BCUT2D eigenvalue weighted by molar-refractivity contribution is -0.113. The molecule has 0 radical (unpaired) electrons. The molecule has 1 aliphatic heterocycles. The summed E-state index contributed by atoms with van der Waals surface area (Å²) >= 11 is 2.85. The van der Waals surface area contributed by atoms with Crippen molar-refractivity contribution >= 4 is 44.7 Å². The molecule has 1 aromatic carbocycles. The van der Waals surface area contributed by atoms with Gasteiger partial charge in [-0.2, -0.15) is 4.31 Å². The maximum atomic E-state index is 12.7. The standard InChI is InChI=1S/C18H20N6O4S3/c25-17(13-30-18-20-21-22-24(18)12-15-2-1-11-29-15)19-14-3-5-16(6-4-14)31(26,27)23-7-9-28-10-8-23/h1-6,11H,7-10,12-13H2,(H,19,25). The molecule has 0 unspecified atom stereocenters. The molecule has 164 valence electrons. The Morgan fingerprint density at radius 3 is 2.68 bits per heavy atom. The molecule has 2 aromatic heterocycles. The summed E-state index contributed by atoms with van der Waals surface area (Å²) in [4.78, 5) is 13.6. The fourth-order valence-corrected chi connectivity index (χ4v) is 5.69. The van der Waals surface area contributed by atoms with Gasteiger partial charge in [0.25, 0.3) is 0 Å². The third-order valence-corrected chi connectivity index (χ3v) is 8.19. The number of aromatic nitrogens is 4. The first-order valence-corrected chi connectivity index (χ1v) is 12.7. The van der Waals surface area contributed by atoms with Gasteiger partial charge >= 0.3 is 0 Å². The third kappa shape index (κ3) is 5.49. The van der Waals surface area contributed by atoms with Crippen molar-refractivity contribution in [2.75, 3.05) is 37.4 Å². The van der Waals surface area contributed by atoms with E-state index in [1.54, 1.807) is 28.2 Å². The number of carbonyl (C=O) groups excluding carboxylic acids is 1. The van der Waals surface area contributed by atoms with E-state index in [4.69, 9.17) is 4.74 Å². The third-order valence-electron chi connectivity index (χ3n) is 4.46. The summed E-state index contributed by atoms with van der Waals surface area (Å²) in [7, 11) is -3.56. The highest BCUT2D eigenvalue weighted by Gasteiger charge is 2.26. The molecule has 0 saturated carbocycles. The van der Waals surface area contributed by atoms with Crippen molar-refractivity contribution in [2.24, 2.45) is 0 Å². The zero-order valence-corrected chi connectivity index (χ0v) is 18.8. The number of benzene rings is 1. The number of hydrogen-bond acceptors (Lipinski definition) is 9. The molecule has 31 heavy (non-hydrogen) atoms. The number of sulfonamides is 1. The van der Waals surface area contributed by atoms with Crippen LogP contribution in [0.1, 0.15) is 4.88 Å². The van der Waals surface area contributed by atoms with Gasteiger partial charge in [0.15, 0.2) is 0 Å². The Bertz CT molecular complexity index is 1110. The van der Waals surface area contributed by atoms with E-state index in [9.17, 15) is 13.2 Å². The van der Waals surface area contributed by atoms with Crippen molar-refractivity contribution in [3.63, 3.8) is 0 Å². The number of rotatable bonds is 8. The van der Waals surface area contributed by atoms with Crippen LogP contribution in [-0.2, 0) is 26.1 Å². The number of thiophene rings is 1. The molecule has 1 saturated heterocycles. The highest BCUT2D eigenvalue weighted by Crippen LogP contribution is 2.21. The van der Waals surface area contributed by atoms with E-state index in [0.717, 1.165) is 4.88 Å². The summed E-state index contributed by atoms with van der Waals surface area (Å²) in [5.41, 5.74) is 0.518. The number of thioether (sulfide) groups is 1. The van der Waals surface area contributed by atoms with Gasteiger partial charge in [0.05, 0.1) is 30.4 Å². The Hall–Kier alpha value is -2.32. The van der Waals surface area contributed by atoms with E-state index >= 15 is 0 Å². The van der Waals surface area contributed by atoms with Gasteiger partial charge in [-0.05, 0) is 46.1 Å². The van der Waals surface area contributed by atoms with Gasteiger partial charge in [0, 0.05) is 23.7 Å². The van der Waals surface area contributed by atoms with Gasteiger partial charge in [-0.15, -0.1) is 16.4 Å². The molecule has 0 bridgehead atoms. The molecule has 4 rings (SSSR count). The second-order valence-electron chi connectivity index (χ2n) is 6.58. The predicted octanol–water partition coefficient (Wildman–Crippen LogP) is 1.53. The molecule has 1 aliphatic rings. The van der Waals surface area contributed by atoms with Crippen LogP contribution in [0.2, 0.25) is 0 Å². The van der Waals surface area contributed by atoms with Gasteiger partial charge in [-0.1, -0.05) is 17.8 Å². The molecule has 3 aromatic rings. The van der Waals surface area contributed by atoms with Crippen LogP contribution in [0.15, 0.2) is 51.8 Å². The van der Waals surface area contributed by atoms with Crippen molar-refractivity contribution in [1.29, 1.82) is 0 Å². The molecule has 10 nitrogen and oxygen atoms in total. The Balaban J connectivity index is 1.32. The number of ether oxygens (including phenoxy) is 1. The van der Waals surface area contributed by atoms with Gasteiger partial charge < -0.3 is 10.1 Å². The normalized spacial score (nSPS) is 15.1. The van der Waals surface area contributed by atoms with E-state index in [1.807, 2.05) is 17.5 Å². The lowest BCUT2D eigenvalue weighted by atomic mass is 10.3. The first kappa shape index (κ1) is 21.9. The summed E-state index contributed by atoms with van der Waals surface area (Å²) in [6.07, 6.45) is 0. The van der Waals surface area contributed by atoms with Crippen molar-refractivity contribution in [2.45, 2.75) is 16.6 Å². The summed E-state index contributed by atoms with van der Waals surface area (Å²) < 4.78 is 33.6. The van der Waals surface area contributed by atoms with Crippen LogP contribution >= 0.6 is 23.1 Å². The number of hydrogen-bond donors (Lipinski definition) is 1. The average Bonchev–Trinajstić information content (AvgIpc) is 3.46. The Morgan fingerprint density at radius 2 is 1.97 bits per heavy atom. The van der Waals surface area contributed by atoms with Gasteiger partial charge in [-0.25, -0.2) is 13.1 Å². The summed E-state index contributed by atoms with van der Waals surface area (Å²) in [5, 5.41) is 16.9. The van der Waals surface area contributed by atoms with Crippen molar-refractivity contribution < 1.29 is 17.9 Å². The van der Waals surface area contributed by atoms with E-state index in [0.29, 0.717) is 43.7 Å². The molecule has 3 heterocycles. The lowest BCUT2D eigenvalue weighted by Gasteiger charge is -2.26. The fourth-order valence-electron chi connectivity index (χ4n) is 2.92. The van der Waals surface area contributed by atoms with E-state index in [2.05, 4.69) is 20.8 Å². The van der Waals surface area contributed by atoms with E-state index in [-0.39, 0.29) is 16.6 Å². The minimum absolute atomic E-state index is 0.124. The molecule has 1 N–H and O–H groups in total. The molecule has 1 fully saturated rings. The first-order valence-electron chi connectivity index (χ1n) is 9.41. The summed E-state index contributed by atoms with van der Waals surface area (Å²) in [5.74, 6) is -0.113. The number of carbonyl (C=O) groups is 1. The maximum absolute atomic E-state index is 12.7. The Kier molecular flexibility index (Phi) is 6.97. The van der Waals surface area contributed by atoms with Crippen LogP contribution in [0.25, 0.3) is 0 Å². The number of tetrazole rings is 1. The van der Waals surface area contributed by atoms with E-state index < -0.39 is 10.0 Å². The molecular formula is C18H20N6O4S3. The second kappa shape index (κ2) is 9.87. The van der Waals surface area contributed by atoms with Gasteiger partial charge in [0.2, 0.25) is 21.1 Å². The molecule has 0 aliphatic carbocycles. The SMILES string of the molecule is O=C(CSc1nnnn1Cc1cccs1)Nc1ccc(S(=O)(=O)N2CCOCC2)cc1. The van der Waals surface area contributed by atoms with Crippen molar-refractivity contribution in [3.05, 3.63) is 46.7 Å². The monoisotopic (exact) mass is 480 g/mol. The van der Waals surface area contributed by atoms with Crippen LogP contribution in [0.3, 0.4) is 0 Å². The summed E-state index contributed by atoms with van der Waals surface area (Å²) in [6, 6.07) is 10.1. The number of nitrogens with zero attached hydrogens (tertiary/aromatic N) is 5. The Morgan fingerprint density at radius 1 is 1.19 bits per heavy atom. The molecule has 0 spiro atoms. The minimum Gasteiger partial charge on any atom is -0.379 e. The van der Waals surface area contributed by atoms with Crippen LogP contribution in [-0.4, -0.2) is 70.9 Å². The molecule has 1 amide bonds. The number of nitrogens with one attached hydrogen (secondary N) is 1. The topological polar surface area (TPSA) is 119 Å². The number of anilines is 1. The maximum Gasteiger partial charge on any atom is 0.243 e. The quantitative estimate of drug-likeness (QED) is 0.482. The van der Waals surface area contributed by atoms with Crippen LogP contribution in [0.5, 0.6) is 0 Å². The van der Waals surface area contributed by atoms with Crippen LogP contribution < -0.4 is 5.32 Å². The van der Waals surface area contributed by atoms with Gasteiger partial charge in [-0.3, -0.25) is 4.79 Å². The molecule has 13 heteroatoms. The highest BCUT2D eigenvalue weighted by molar-refractivity contribution is 7.99. The summed E-state index contributed by atoms with van der Waals surface area (Å²) in [6.45, 7) is 2.00. The van der Waals surface area contributed by atoms with Crippen LogP contribution in [0.4, 0.5) is 5.69 Å². The van der Waals surface area contributed by atoms with Crippen LogP contribution in [0, 0.1) is 0 Å². The first-order chi connectivity index (χ1) is 15.0. The number of morpholine rings is 1. The predicted molar refractivity (Wildman–Crippen MR) is 117 cm³/mol. The average molecular weight is 481 g/mol. The minimum atomic E-state index is -3.56. The van der Waals surface area contributed by atoms with Crippen molar-refractivity contribution in [3.8, 4) is 0 Å². The van der Waals surface area contributed by atoms with Crippen molar-refractivity contribution in [1.82, 2.24) is 24.5 Å². The lowest BCUT2D eigenvalue weighted by Crippen LogP contribution is -2.40. The zero-order valence-electron chi connectivity index (χ0n) is 16.4. The molecule has 0 atom stereocenters. The highest BCUT2D eigenvalue weighted by atomic mass is 32.2. The Labute approximate surface area is 187 Å². The molecular weight excluding hydrogens is 460 g/mol. The van der Waals surface area contributed by atoms with E-state index in [1.165, 1.54) is 28.2 Å².